The van der Waals surface area contributed by atoms with Gasteiger partial charge in [0.2, 0.25) is 0 Å². The first-order chi connectivity index (χ1) is 39.0. The molecular formula is C73H140O6. The maximum absolute atomic E-state index is 12.9. The number of allylic oxidation sites excluding steroid dienone is 2. The van der Waals surface area contributed by atoms with E-state index in [1.165, 1.54) is 321 Å². The Labute approximate surface area is 494 Å². The smallest absolute Gasteiger partial charge is 0.306 e. The molecule has 0 saturated carbocycles. The van der Waals surface area contributed by atoms with E-state index in [-0.39, 0.29) is 31.1 Å². The summed E-state index contributed by atoms with van der Waals surface area (Å²) in [7, 11) is 0. The Kier molecular flexibility index (Phi) is 67.0. The van der Waals surface area contributed by atoms with Crippen LogP contribution in [0.2, 0.25) is 0 Å². The van der Waals surface area contributed by atoms with Crippen LogP contribution in [0.5, 0.6) is 0 Å². The van der Waals surface area contributed by atoms with Crippen molar-refractivity contribution in [2.75, 3.05) is 13.2 Å². The van der Waals surface area contributed by atoms with Crippen molar-refractivity contribution < 1.29 is 28.6 Å². The van der Waals surface area contributed by atoms with E-state index in [1.54, 1.807) is 0 Å². The van der Waals surface area contributed by atoms with Crippen molar-refractivity contribution in [2.24, 2.45) is 0 Å². The second-order valence-electron chi connectivity index (χ2n) is 24.9. The van der Waals surface area contributed by atoms with E-state index < -0.39 is 6.10 Å². The summed E-state index contributed by atoms with van der Waals surface area (Å²) in [6.07, 6.45) is 82.6. The predicted molar refractivity (Wildman–Crippen MR) is 344 cm³/mol. The lowest BCUT2D eigenvalue weighted by Gasteiger charge is -2.18. The van der Waals surface area contributed by atoms with Gasteiger partial charge in [-0.15, -0.1) is 0 Å². The second-order valence-corrected chi connectivity index (χ2v) is 24.9. The van der Waals surface area contributed by atoms with Gasteiger partial charge < -0.3 is 14.2 Å². The van der Waals surface area contributed by atoms with Crippen LogP contribution in [0.1, 0.15) is 419 Å². The molecule has 0 aliphatic rings. The lowest BCUT2D eigenvalue weighted by molar-refractivity contribution is -0.167. The minimum absolute atomic E-state index is 0.0632. The number of ether oxygens (including phenoxy) is 3. The molecule has 468 valence electrons. The molecule has 1 unspecified atom stereocenters. The molecule has 0 bridgehead atoms. The summed E-state index contributed by atoms with van der Waals surface area (Å²) in [5.74, 6) is -0.830. The highest BCUT2D eigenvalue weighted by molar-refractivity contribution is 5.71. The first-order valence-electron chi connectivity index (χ1n) is 36.2. The summed E-state index contributed by atoms with van der Waals surface area (Å²) < 4.78 is 17.0. The molecule has 0 aromatic rings. The van der Waals surface area contributed by atoms with Gasteiger partial charge in [0.15, 0.2) is 6.10 Å². The Bertz CT molecular complexity index is 1230. The Hall–Kier alpha value is -1.85. The van der Waals surface area contributed by atoms with Gasteiger partial charge >= 0.3 is 17.9 Å². The van der Waals surface area contributed by atoms with Gasteiger partial charge in [0, 0.05) is 19.3 Å². The topological polar surface area (TPSA) is 78.9 Å². The van der Waals surface area contributed by atoms with Crippen molar-refractivity contribution >= 4 is 17.9 Å². The second kappa shape index (κ2) is 68.6. The standard InChI is InChI=1S/C73H140O6/c1-4-7-10-13-16-19-22-24-26-28-30-32-34-35-36-37-39-40-42-44-46-48-51-54-57-60-63-66-72(75)78-69-70(68-77-71(74)65-62-59-56-53-50-21-18-15-12-9-6-3)79-73(76)67-64-61-58-55-52-49-47-45-43-41-38-33-31-29-27-25-23-20-17-14-11-8-5-2/h29,31,70H,4-28,30,32-69H2,1-3H3/b31-29-. The Morgan fingerprint density at radius 2 is 0.418 bits per heavy atom. The highest BCUT2D eigenvalue weighted by Crippen LogP contribution is 2.19. The Morgan fingerprint density at radius 1 is 0.241 bits per heavy atom. The van der Waals surface area contributed by atoms with Gasteiger partial charge in [-0.3, -0.25) is 14.4 Å². The van der Waals surface area contributed by atoms with Crippen molar-refractivity contribution in [3.8, 4) is 0 Å². The van der Waals surface area contributed by atoms with Gasteiger partial charge in [0.25, 0.3) is 0 Å². The van der Waals surface area contributed by atoms with E-state index in [4.69, 9.17) is 14.2 Å². The van der Waals surface area contributed by atoms with Crippen LogP contribution in [0.15, 0.2) is 12.2 Å². The van der Waals surface area contributed by atoms with Crippen molar-refractivity contribution in [3.05, 3.63) is 12.2 Å². The molecule has 0 heterocycles. The van der Waals surface area contributed by atoms with E-state index in [2.05, 4.69) is 32.9 Å². The molecule has 0 spiro atoms. The molecule has 0 saturated heterocycles. The molecule has 0 fully saturated rings. The largest absolute Gasteiger partial charge is 0.462 e. The molecule has 0 aliphatic heterocycles. The van der Waals surface area contributed by atoms with Crippen molar-refractivity contribution in [1.29, 1.82) is 0 Å². The summed E-state index contributed by atoms with van der Waals surface area (Å²) in [6, 6.07) is 0. The van der Waals surface area contributed by atoms with Crippen LogP contribution >= 0.6 is 0 Å². The van der Waals surface area contributed by atoms with Crippen LogP contribution in [-0.4, -0.2) is 37.2 Å². The quantitative estimate of drug-likeness (QED) is 0.0261. The van der Waals surface area contributed by atoms with E-state index in [0.717, 1.165) is 57.8 Å². The molecule has 0 N–H and O–H groups in total. The lowest BCUT2D eigenvalue weighted by Crippen LogP contribution is -2.30. The fourth-order valence-electron chi connectivity index (χ4n) is 11.3. The first kappa shape index (κ1) is 77.2. The third kappa shape index (κ3) is 66.8. The van der Waals surface area contributed by atoms with Crippen LogP contribution < -0.4 is 0 Å². The molecule has 0 amide bonds. The van der Waals surface area contributed by atoms with Gasteiger partial charge in [-0.1, -0.05) is 367 Å². The van der Waals surface area contributed by atoms with Gasteiger partial charge in [-0.2, -0.15) is 0 Å². The highest BCUT2D eigenvalue weighted by Gasteiger charge is 2.19. The molecule has 79 heavy (non-hydrogen) atoms. The maximum atomic E-state index is 12.9. The number of hydrogen-bond acceptors (Lipinski definition) is 6. The maximum Gasteiger partial charge on any atom is 0.306 e. The minimum atomic E-state index is -0.766. The number of hydrogen-bond donors (Lipinski definition) is 0. The van der Waals surface area contributed by atoms with E-state index in [1.807, 2.05) is 0 Å². The normalized spacial score (nSPS) is 12.0. The van der Waals surface area contributed by atoms with Gasteiger partial charge in [-0.05, 0) is 44.9 Å². The van der Waals surface area contributed by atoms with Gasteiger partial charge in [0.05, 0.1) is 0 Å². The van der Waals surface area contributed by atoms with Crippen molar-refractivity contribution in [3.63, 3.8) is 0 Å². The van der Waals surface area contributed by atoms with Gasteiger partial charge in [-0.25, -0.2) is 0 Å². The summed E-state index contributed by atoms with van der Waals surface area (Å²) in [4.78, 5) is 38.4. The van der Waals surface area contributed by atoms with E-state index in [9.17, 15) is 14.4 Å². The number of carbonyl (C=O) groups excluding carboxylic acids is 3. The monoisotopic (exact) mass is 1110 g/mol. The molecule has 0 radical (unpaired) electrons. The fraction of sp³-hybridized carbons (Fsp3) is 0.932. The zero-order valence-corrected chi connectivity index (χ0v) is 53.9. The number of unbranched alkanes of at least 4 members (excludes halogenated alkanes) is 55. The summed E-state index contributed by atoms with van der Waals surface area (Å²) in [5.41, 5.74) is 0. The summed E-state index contributed by atoms with van der Waals surface area (Å²) in [6.45, 7) is 6.72. The first-order valence-corrected chi connectivity index (χ1v) is 36.2. The highest BCUT2D eigenvalue weighted by atomic mass is 16.6. The molecule has 0 aliphatic carbocycles. The average molecular weight is 1110 g/mol. The summed E-state index contributed by atoms with van der Waals surface area (Å²) in [5, 5.41) is 0. The van der Waals surface area contributed by atoms with Crippen LogP contribution in [0.25, 0.3) is 0 Å². The predicted octanol–water partition coefficient (Wildman–Crippen LogP) is 24.8. The molecule has 0 aromatic heterocycles. The van der Waals surface area contributed by atoms with Crippen molar-refractivity contribution in [2.45, 2.75) is 425 Å². The molecule has 0 aromatic carbocycles. The van der Waals surface area contributed by atoms with Crippen LogP contribution in [0.4, 0.5) is 0 Å². The van der Waals surface area contributed by atoms with Crippen LogP contribution in [-0.2, 0) is 28.6 Å². The summed E-state index contributed by atoms with van der Waals surface area (Å²) >= 11 is 0. The Balaban J connectivity index is 4.14. The number of rotatable bonds is 68. The third-order valence-electron chi connectivity index (χ3n) is 16.8. The number of esters is 3. The van der Waals surface area contributed by atoms with E-state index >= 15 is 0 Å². The van der Waals surface area contributed by atoms with Crippen LogP contribution in [0.3, 0.4) is 0 Å². The van der Waals surface area contributed by atoms with Crippen LogP contribution in [0, 0.1) is 0 Å². The zero-order chi connectivity index (χ0) is 57.1. The molecule has 0 rings (SSSR count). The minimum Gasteiger partial charge on any atom is -0.462 e. The average Bonchev–Trinajstić information content (AvgIpc) is 3.45. The molecular weight excluding hydrogens is 973 g/mol. The van der Waals surface area contributed by atoms with E-state index in [0.29, 0.717) is 19.3 Å². The number of carbonyl (C=O) groups is 3. The van der Waals surface area contributed by atoms with Gasteiger partial charge in [0.1, 0.15) is 13.2 Å². The molecule has 6 nitrogen and oxygen atoms in total. The molecule has 6 heteroatoms. The fourth-order valence-corrected chi connectivity index (χ4v) is 11.3. The third-order valence-corrected chi connectivity index (χ3v) is 16.8. The lowest BCUT2D eigenvalue weighted by atomic mass is 10.0. The SMILES string of the molecule is CCCCCCCCCC/C=C\CCCCCCCCCCCCCC(=O)OC(COC(=O)CCCCCCCCCCCCC)COC(=O)CCCCCCCCCCCCCCCCCCCCCCCCCCCCC. The zero-order valence-electron chi connectivity index (χ0n) is 53.9. The molecule has 1 atom stereocenters. The Morgan fingerprint density at radius 3 is 0.633 bits per heavy atom. The van der Waals surface area contributed by atoms with Crippen molar-refractivity contribution in [1.82, 2.24) is 0 Å².